The van der Waals surface area contributed by atoms with Crippen LogP contribution < -0.4 is 5.73 Å². The van der Waals surface area contributed by atoms with Gasteiger partial charge < -0.3 is 5.73 Å². The van der Waals surface area contributed by atoms with E-state index in [1.807, 2.05) is 25.1 Å². The molecule has 0 spiro atoms. The molecule has 3 aromatic rings. The van der Waals surface area contributed by atoms with Gasteiger partial charge in [-0.05, 0) is 37.2 Å². The first-order valence-electron chi connectivity index (χ1n) is 6.83. The lowest BCUT2D eigenvalue weighted by molar-refractivity contribution is 0.805. The molecule has 0 bridgehead atoms. The minimum atomic E-state index is 0.567. The zero-order valence-corrected chi connectivity index (χ0v) is 13.6. The molecule has 3 rings (SSSR count). The Morgan fingerprint density at radius 2 is 2.00 bits per heavy atom. The van der Waals surface area contributed by atoms with Crippen LogP contribution in [-0.4, -0.2) is 15.0 Å². The molecule has 0 radical (unpaired) electrons. The Balaban J connectivity index is 1.96. The van der Waals surface area contributed by atoms with Gasteiger partial charge in [0.1, 0.15) is 16.7 Å². The van der Waals surface area contributed by atoms with Crippen molar-refractivity contribution in [3.05, 3.63) is 35.7 Å². The fourth-order valence-corrected chi connectivity index (χ4v) is 4.06. The molecule has 0 aliphatic rings. The van der Waals surface area contributed by atoms with Crippen LogP contribution in [0.1, 0.15) is 24.7 Å². The van der Waals surface area contributed by atoms with Crippen LogP contribution in [0.5, 0.6) is 0 Å². The molecule has 2 N–H and O–H groups in total. The van der Waals surface area contributed by atoms with Crippen molar-refractivity contribution in [3.8, 4) is 0 Å². The van der Waals surface area contributed by atoms with Crippen molar-refractivity contribution < 1.29 is 0 Å². The Morgan fingerprint density at radius 1 is 1.19 bits per heavy atom. The molecule has 4 nitrogen and oxygen atoms in total. The maximum atomic E-state index is 6.00. The van der Waals surface area contributed by atoms with E-state index in [4.69, 9.17) is 5.73 Å². The quantitative estimate of drug-likeness (QED) is 0.735. The molecular formula is C15H16N4S2. The number of hydrogen-bond acceptors (Lipinski definition) is 6. The summed E-state index contributed by atoms with van der Waals surface area (Å²) in [6, 6.07) is 8.15. The van der Waals surface area contributed by atoms with Crippen LogP contribution in [0.2, 0.25) is 0 Å². The van der Waals surface area contributed by atoms with E-state index in [9.17, 15) is 0 Å². The van der Waals surface area contributed by atoms with Crippen LogP contribution in [0, 0.1) is 6.92 Å². The number of aryl methyl sites for hydroxylation is 1. The maximum Gasteiger partial charge on any atom is 0.157 e. The van der Waals surface area contributed by atoms with Gasteiger partial charge in [0.15, 0.2) is 4.34 Å². The lowest BCUT2D eigenvalue weighted by Crippen LogP contribution is -2.04. The Bertz CT molecular complexity index is 749. The summed E-state index contributed by atoms with van der Waals surface area (Å²) in [4.78, 5) is 13.6. The van der Waals surface area contributed by atoms with Gasteiger partial charge in [-0.1, -0.05) is 19.1 Å². The molecule has 108 valence electrons. The third-order valence-corrected chi connectivity index (χ3v) is 5.30. The topological polar surface area (TPSA) is 64.7 Å². The molecular weight excluding hydrogens is 300 g/mol. The minimum Gasteiger partial charge on any atom is -0.383 e. The molecule has 0 saturated carbocycles. The van der Waals surface area contributed by atoms with Crippen LogP contribution in [0.3, 0.4) is 0 Å². The largest absolute Gasteiger partial charge is 0.383 e. The predicted octanol–water partition coefficient (Wildman–Crippen LogP) is 4.08. The fourth-order valence-electron chi connectivity index (χ4n) is 1.97. The van der Waals surface area contributed by atoms with E-state index in [1.54, 1.807) is 23.1 Å². The monoisotopic (exact) mass is 316 g/mol. The summed E-state index contributed by atoms with van der Waals surface area (Å²) in [6.07, 6.45) is 1.85. The lowest BCUT2D eigenvalue weighted by Gasteiger charge is -2.07. The number of nitrogen functional groups attached to an aromatic ring is 1. The second kappa shape index (κ2) is 5.99. The highest BCUT2D eigenvalue weighted by atomic mass is 32.2. The summed E-state index contributed by atoms with van der Waals surface area (Å²) < 4.78 is 2.17. The first-order valence-corrected chi connectivity index (χ1v) is 8.47. The summed E-state index contributed by atoms with van der Waals surface area (Å²) in [5.74, 6) is 1.38. The van der Waals surface area contributed by atoms with Gasteiger partial charge in [-0.3, -0.25) is 0 Å². The SMILES string of the molecule is CCCc1nc(N)c(C)c(Sc2nc3ccccc3s2)n1. The zero-order chi connectivity index (χ0) is 14.8. The summed E-state index contributed by atoms with van der Waals surface area (Å²) in [5, 5.41) is 0.907. The molecule has 0 atom stereocenters. The summed E-state index contributed by atoms with van der Waals surface area (Å²) in [6.45, 7) is 4.07. The summed E-state index contributed by atoms with van der Waals surface area (Å²) in [7, 11) is 0. The van der Waals surface area contributed by atoms with Gasteiger partial charge >= 0.3 is 0 Å². The van der Waals surface area contributed by atoms with Crippen molar-refractivity contribution in [2.24, 2.45) is 0 Å². The number of aromatic nitrogens is 3. The molecule has 0 fully saturated rings. The van der Waals surface area contributed by atoms with Crippen molar-refractivity contribution in [3.63, 3.8) is 0 Å². The molecule has 21 heavy (non-hydrogen) atoms. The molecule has 0 aliphatic heterocycles. The Morgan fingerprint density at radius 3 is 2.76 bits per heavy atom. The highest BCUT2D eigenvalue weighted by molar-refractivity contribution is 8.01. The smallest absolute Gasteiger partial charge is 0.157 e. The molecule has 6 heteroatoms. The van der Waals surface area contributed by atoms with Gasteiger partial charge in [-0.15, -0.1) is 11.3 Å². The molecule has 1 aromatic carbocycles. The molecule has 0 amide bonds. The number of nitrogens with zero attached hydrogens (tertiary/aromatic N) is 3. The Kier molecular flexibility index (Phi) is 4.07. The van der Waals surface area contributed by atoms with E-state index < -0.39 is 0 Å². The van der Waals surface area contributed by atoms with Crippen LogP contribution in [-0.2, 0) is 6.42 Å². The van der Waals surface area contributed by atoms with E-state index in [0.29, 0.717) is 5.82 Å². The van der Waals surface area contributed by atoms with Gasteiger partial charge in [0.2, 0.25) is 0 Å². The number of fused-ring (bicyclic) bond motifs is 1. The van der Waals surface area contributed by atoms with Crippen molar-refractivity contribution in [1.29, 1.82) is 0 Å². The van der Waals surface area contributed by atoms with Gasteiger partial charge in [-0.25, -0.2) is 15.0 Å². The van der Waals surface area contributed by atoms with E-state index in [0.717, 1.165) is 39.1 Å². The van der Waals surface area contributed by atoms with E-state index in [-0.39, 0.29) is 0 Å². The van der Waals surface area contributed by atoms with Crippen molar-refractivity contribution in [1.82, 2.24) is 15.0 Å². The molecule has 0 unspecified atom stereocenters. The van der Waals surface area contributed by atoms with Gasteiger partial charge in [0, 0.05) is 12.0 Å². The Hall–Kier alpha value is -1.66. The first-order chi connectivity index (χ1) is 10.2. The second-order valence-electron chi connectivity index (χ2n) is 4.75. The number of hydrogen-bond donors (Lipinski definition) is 1. The van der Waals surface area contributed by atoms with Gasteiger partial charge in [-0.2, -0.15) is 0 Å². The zero-order valence-electron chi connectivity index (χ0n) is 12.0. The van der Waals surface area contributed by atoms with Crippen LogP contribution in [0.4, 0.5) is 5.82 Å². The standard InChI is InChI=1S/C15H16N4S2/c1-3-6-12-18-13(16)9(2)14(19-12)21-15-17-10-7-4-5-8-11(10)20-15/h4-5,7-8H,3,6H2,1-2H3,(H2,16,18,19). The third kappa shape index (κ3) is 3.01. The molecule has 0 aliphatic carbocycles. The average molecular weight is 316 g/mol. The molecule has 2 heterocycles. The lowest BCUT2D eigenvalue weighted by atomic mass is 10.3. The third-order valence-electron chi connectivity index (χ3n) is 3.12. The minimum absolute atomic E-state index is 0.567. The van der Waals surface area contributed by atoms with Crippen molar-refractivity contribution >= 4 is 39.1 Å². The van der Waals surface area contributed by atoms with Crippen LogP contribution >= 0.6 is 23.1 Å². The predicted molar refractivity (Wildman–Crippen MR) is 88.9 cm³/mol. The molecule has 2 aromatic heterocycles. The highest BCUT2D eigenvalue weighted by Gasteiger charge is 2.12. The van der Waals surface area contributed by atoms with Crippen LogP contribution in [0.25, 0.3) is 10.2 Å². The fraction of sp³-hybridized carbons (Fsp3) is 0.267. The number of para-hydroxylation sites is 1. The molecule has 0 saturated heterocycles. The summed E-state index contributed by atoms with van der Waals surface area (Å²) >= 11 is 3.25. The summed E-state index contributed by atoms with van der Waals surface area (Å²) in [5.41, 5.74) is 7.96. The van der Waals surface area contributed by atoms with E-state index in [2.05, 4.69) is 27.9 Å². The Labute approximate surface area is 131 Å². The number of benzene rings is 1. The first kappa shape index (κ1) is 14.3. The maximum absolute atomic E-state index is 6.00. The number of anilines is 1. The second-order valence-corrected chi connectivity index (χ2v) is 7.02. The van der Waals surface area contributed by atoms with Crippen molar-refractivity contribution in [2.45, 2.75) is 36.1 Å². The number of thiazole rings is 1. The van der Waals surface area contributed by atoms with Crippen molar-refractivity contribution in [2.75, 3.05) is 5.73 Å². The van der Waals surface area contributed by atoms with E-state index >= 15 is 0 Å². The average Bonchev–Trinajstić information content (AvgIpc) is 2.87. The van der Waals surface area contributed by atoms with Gasteiger partial charge in [0.05, 0.1) is 10.2 Å². The number of rotatable bonds is 4. The van der Waals surface area contributed by atoms with Gasteiger partial charge in [0.25, 0.3) is 0 Å². The highest BCUT2D eigenvalue weighted by Crippen LogP contribution is 2.35. The van der Waals surface area contributed by atoms with Crippen LogP contribution in [0.15, 0.2) is 33.6 Å². The normalized spacial score (nSPS) is 11.1. The number of nitrogens with two attached hydrogens (primary N) is 1. The van der Waals surface area contributed by atoms with E-state index in [1.165, 1.54) is 4.70 Å².